The van der Waals surface area contributed by atoms with Crippen LogP contribution in [0.4, 0.5) is 0 Å². The number of nitriles is 2. The van der Waals surface area contributed by atoms with Crippen LogP contribution in [-0.4, -0.2) is 19.1 Å². The Labute approximate surface area is 228 Å². The third kappa shape index (κ3) is 2.60. The van der Waals surface area contributed by atoms with Gasteiger partial charge in [-0.15, -0.1) is 0 Å². The molecule has 0 amide bonds. The number of fused-ring (bicyclic) bond motifs is 8. The fourth-order valence-electron chi connectivity index (χ4n) is 8.46. The van der Waals surface area contributed by atoms with Crippen molar-refractivity contribution in [1.82, 2.24) is 19.1 Å². The summed E-state index contributed by atoms with van der Waals surface area (Å²) in [5, 5.41) is 19.2. The van der Waals surface area contributed by atoms with Gasteiger partial charge >= 0.3 is 0 Å². The molecule has 6 heteroatoms. The molecule has 0 N–H and O–H groups in total. The van der Waals surface area contributed by atoms with Crippen LogP contribution in [0.15, 0.2) is 41.5 Å². The van der Waals surface area contributed by atoms with Gasteiger partial charge in [-0.2, -0.15) is 10.5 Å². The molecule has 6 nitrogen and oxygen atoms in total. The average Bonchev–Trinajstić information content (AvgIpc) is 3.50. The fourth-order valence-corrected chi connectivity index (χ4v) is 8.46. The molecule has 0 radical (unpaired) electrons. The number of allylic oxidation sites excluding steroid dienone is 7. The van der Waals surface area contributed by atoms with E-state index in [-0.39, 0.29) is 22.9 Å². The van der Waals surface area contributed by atoms with E-state index in [1.54, 1.807) is 0 Å². The molecule has 3 aromatic rings. The summed E-state index contributed by atoms with van der Waals surface area (Å²) in [4.78, 5) is 10.4. The van der Waals surface area contributed by atoms with Crippen molar-refractivity contribution < 1.29 is 0 Å². The molecule has 192 valence electrons. The van der Waals surface area contributed by atoms with Crippen molar-refractivity contribution in [3.63, 3.8) is 0 Å². The maximum atomic E-state index is 9.64. The van der Waals surface area contributed by atoms with Gasteiger partial charge in [-0.1, -0.05) is 18.2 Å². The Morgan fingerprint density at radius 1 is 0.974 bits per heavy atom. The Morgan fingerprint density at radius 3 is 2.56 bits per heavy atom. The monoisotopic (exact) mass is 510 g/mol. The summed E-state index contributed by atoms with van der Waals surface area (Å²) in [5.74, 6) is 2.95. The van der Waals surface area contributed by atoms with Crippen molar-refractivity contribution in [2.75, 3.05) is 0 Å². The summed E-state index contributed by atoms with van der Waals surface area (Å²) in [6.45, 7) is 11.5. The van der Waals surface area contributed by atoms with E-state index in [1.807, 2.05) is 12.1 Å². The molecule has 3 unspecified atom stereocenters. The van der Waals surface area contributed by atoms with Crippen molar-refractivity contribution in [2.24, 2.45) is 17.8 Å². The highest BCUT2D eigenvalue weighted by molar-refractivity contribution is 5.89. The minimum atomic E-state index is -0.206. The first-order valence-electron chi connectivity index (χ1n) is 14.0. The van der Waals surface area contributed by atoms with Crippen LogP contribution in [0.25, 0.3) is 28.3 Å². The molecule has 8 rings (SSSR count). The molecule has 3 aliphatic carbocycles. The number of benzene rings is 1. The minimum absolute atomic E-state index is 0.180. The summed E-state index contributed by atoms with van der Waals surface area (Å²) >= 11 is 0. The summed E-state index contributed by atoms with van der Waals surface area (Å²) < 4.78 is 4.88. The van der Waals surface area contributed by atoms with Crippen LogP contribution in [-0.2, 0) is 17.5 Å². The third-order valence-electron chi connectivity index (χ3n) is 10.2. The molecule has 2 aliphatic heterocycles. The Kier molecular flexibility index (Phi) is 4.13. The molecule has 5 aliphatic rings. The van der Waals surface area contributed by atoms with Crippen LogP contribution in [0.3, 0.4) is 0 Å². The van der Waals surface area contributed by atoms with Gasteiger partial charge in [-0.05, 0) is 88.8 Å². The second kappa shape index (κ2) is 7.07. The second-order valence-electron chi connectivity index (χ2n) is 12.9. The van der Waals surface area contributed by atoms with Crippen LogP contribution in [0.1, 0.15) is 74.7 Å². The quantitative estimate of drug-likeness (QED) is 0.349. The number of hydrogen-bond donors (Lipinski definition) is 0. The van der Waals surface area contributed by atoms with E-state index in [2.05, 4.69) is 80.2 Å². The summed E-state index contributed by atoms with van der Waals surface area (Å²) in [7, 11) is 0. The number of nitrogens with zero attached hydrogens (tertiary/aromatic N) is 6. The van der Waals surface area contributed by atoms with Gasteiger partial charge in [0.1, 0.15) is 11.6 Å². The van der Waals surface area contributed by atoms with Gasteiger partial charge in [-0.3, -0.25) is 0 Å². The molecular formula is C33H30N6. The zero-order chi connectivity index (χ0) is 27.0. The molecule has 4 heterocycles. The summed E-state index contributed by atoms with van der Waals surface area (Å²) in [6, 6.07) is 8.63. The molecule has 39 heavy (non-hydrogen) atoms. The van der Waals surface area contributed by atoms with Gasteiger partial charge in [0.15, 0.2) is 0 Å². The van der Waals surface area contributed by atoms with Crippen LogP contribution < -0.4 is 0 Å². The van der Waals surface area contributed by atoms with Gasteiger partial charge < -0.3 is 9.13 Å². The predicted octanol–water partition coefficient (Wildman–Crippen LogP) is 6.42. The van der Waals surface area contributed by atoms with Gasteiger partial charge in [0, 0.05) is 40.0 Å². The largest absolute Gasteiger partial charge is 0.318 e. The average molecular weight is 511 g/mol. The molecular weight excluding hydrogens is 480 g/mol. The van der Waals surface area contributed by atoms with E-state index in [1.165, 1.54) is 16.7 Å². The van der Waals surface area contributed by atoms with E-state index < -0.39 is 0 Å². The minimum Gasteiger partial charge on any atom is -0.318 e. The molecule has 0 spiro atoms. The Morgan fingerprint density at radius 2 is 1.79 bits per heavy atom. The smallest absolute Gasteiger partial charge is 0.141 e. The predicted molar refractivity (Wildman–Crippen MR) is 151 cm³/mol. The third-order valence-corrected chi connectivity index (χ3v) is 10.2. The van der Waals surface area contributed by atoms with E-state index in [9.17, 15) is 10.5 Å². The Balaban J connectivity index is 1.40. The van der Waals surface area contributed by atoms with E-state index >= 15 is 0 Å². The highest BCUT2D eigenvalue weighted by Gasteiger charge is 2.55. The van der Waals surface area contributed by atoms with E-state index in [4.69, 9.17) is 9.97 Å². The highest BCUT2D eigenvalue weighted by atomic mass is 15.2. The summed E-state index contributed by atoms with van der Waals surface area (Å²) in [5.41, 5.74) is 10.6. The SMILES string of the molecule is Cc1cc(C#N)cc2nc3n(c12)C(C)(C)C1C=CC2=C4C1C3=CCC4C(C)(C)n1c2nc2c1C=C(C#N)CC2. The second-order valence-corrected chi connectivity index (χ2v) is 12.9. The number of aromatic nitrogens is 4. The first kappa shape index (κ1) is 22.8. The lowest BCUT2D eigenvalue weighted by Crippen LogP contribution is -2.51. The number of aryl methyl sites for hydroxylation is 2. The Bertz CT molecular complexity index is 1880. The number of hydrogen-bond acceptors (Lipinski definition) is 4. The van der Waals surface area contributed by atoms with Crippen molar-refractivity contribution >= 4 is 28.3 Å². The molecule has 0 fully saturated rings. The van der Waals surface area contributed by atoms with Crippen molar-refractivity contribution in [1.29, 1.82) is 10.5 Å². The lowest BCUT2D eigenvalue weighted by atomic mass is 9.56. The van der Waals surface area contributed by atoms with Crippen molar-refractivity contribution in [3.05, 3.63) is 75.7 Å². The zero-order valence-electron chi connectivity index (χ0n) is 23.0. The molecule has 0 bridgehead atoms. The van der Waals surface area contributed by atoms with Gasteiger partial charge in [-0.25, -0.2) is 9.97 Å². The molecule has 0 saturated heterocycles. The maximum Gasteiger partial charge on any atom is 0.141 e. The van der Waals surface area contributed by atoms with Crippen molar-refractivity contribution in [2.45, 2.75) is 65.0 Å². The fraction of sp³-hybridized carbons (Fsp3) is 0.394. The van der Waals surface area contributed by atoms with E-state index in [0.29, 0.717) is 11.5 Å². The summed E-state index contributed by atoms with van der Waals surface area (Å²) in [6.07, 6.45) is 11.8. The molecule has 3 atom stereocenters. The molecule has 0 saturated carbocycles. The maximum absolute atomic E-state index is 9.64. The number of rotatable bonds is 0. The van der Waals surface area contributed by atoms with Crippen molar-refractivity contribution in [3.8, 4) is 12.1 Å². The highest BCUT2D eigenvalue weighted by Crippen LogP contribution is 2.61. The van der Waals surface area contributed by atoms with Crippen LogP contribution in [0.2, 0.25) is 0 Å². The molecule has 2 aromatic heterocycles. The van der Waals surface area contributed by atoms with E-state index in [0.717, 1.165) is 64.5 Å². The van der Waals surface area contributed by atoms with Gasteiger partial charge in [0.25, 0.3) is 0 Å². The van der Waals surface area contributed by atoms with Crippen LogP contribution in [0.5, 0.6) is 0 Å². The number of imidazole rings is 2. The van der Waals surface area contributed by atoms with Crippen LogP contribution in [0, 0.1) is 47.3 Å². The standard InChI is InChI=1S/C33H30N6/c1-17-12-19(16-35)13-25-29(17)39-31(37-25)21-8-9-22-27-20(7-10-23(28(21)27)33(39,4)5)30-36-24-11-6-18(15-34)14-26(24)38(30)32(22,2)3/h7-8,10,12-14,22-23,28H,6,9,11H2,1-5H3. The normalized spacial score (nSPS) is 26.5. The van der Waals surface area contributed by atoms with Gasteiger partial charge in [0.2, 0.25) is 0 Å². The first-order valence-corrected chi connectivity index (χ1v) is 14.0. The zero-order valence-corrected chi connectivity index (χ0v) is 23.0. The lowest BCUT2D eigenvalue weighted by molar-refractivity contribution is 0.171. The lowest BCUT2D eigenvalue weighted by Gasteiger charge is -2.55. The molecule has 1 aromatic carbocycles. The van der Waals surface area contributed by atoms with Crippen LogP contribution >= 0.6 is 0 Å². The topological polar surface area (TPSA) is 83.2 Å². The first-order chi connectivity index (χ1) is 18.7. The Hall–Kier alpha value is -4.16. The van der Waals surface area contributed by atoms with Gasteiger partial charge in [0.05, 0.1) is 40.1 Å².